The Morgan fingerprint density at radius 3 is 2.53 bits per heavy atom. The zero-order valence-electron chi connectivity index (χ0n) is 9.94. The van der Waals surface area contributed by atoms with Gasteiger partial charge in [-0.3, -0.25) is 4.79 Å². The summed E-state index contributed by atoms with van der Waals surface area (Å²) in [6, 6.07) is 0.516. The summed E-state index contributed by atoms with van der Waals surface area (Å²) in [6.45, 7) is 0.721. The van der Waals surface area contributed by atoms with Gasteiger partial charge in [0.05, 0.1) is 11.5 Å². The van der Waals surface area contributed by atoms with E-state index in [0.29, 0.717) is 24.6 Å². The van der Waals surface area contributed by atoms with Crippen molar-refractivity contribution < 1.29 is 13.2 Å². The quantitative estimate of drug-likeness (QED) is 0.650. The largest absolute Gasteiger partial charge is 0.353 e. The van der Waals surface area contributed by atoms with Crippen LogP contribution in [0.2, 0.25) is 0 Å². The number of carbonyl (C=O) groups is 1. The van der Waals surface area contributed by atoms with Crippen LogP contribution in [0.3, 0.4) is 0 Å². The minimum atomic E-state index is -2.80. The monoisotopic (exact) mass is 260 g/mol. The molecule has 98 valence electrons. The Labute approximate surface area is 102 Å². The molecule has 2 aliphatic rings. The van der Waals surface area contributed by atoms with Gasteiger partial charge in [0.25, 0.3) is 0 Å². The molecule has 1 amide bonds. The molecular weight excluding hydrogens is 240 g/mol. The maximum atomic E-state index is 11.4. The van der Waals surface area contributed by atoms with Crippen molar-refractivity contribution in [3.05, 3.63) is 0 Å². The van der Waals surface area contributed by atoms with Crippen molar-refractivity contribution in [2.45, 2.75) is 44.2 Å². The minimum absolute atomic E-state index is 0.0893. The number of hydrogen-bond acceptors (Lipinski definition) is 4. The van der Waals surface area contributed by atoms with Crippen LogP contribution in [0.4, 0.5) is 0 Å². The third-order valence-electron chi connectivity index (χ3n) is 3.19. The molecule has 1 heterocycles. The fraction of sp³-hybridized carbons (Fsp3) is 0.909. The summed E-state index contributed by atoms with van der Waals surface area (Å²) in [6.07, 6.45) is 4.24. The maximum absolute atomic E-state index is 11.4. The lowest BCUT2D eigenvalue weighted by Crippen LogP contribution is -2.32. The summed E-state index contributed by atoms with van der Waals surface area (Å²) in [5, 5.41) is 6.14. The topological polar surface area (TPSA) is 75.3 Å². The van der Waals surface area contributed by atoms with Gasteiger partial charge in [0.1, 0.15) is 0 Å². The Morgan fingerprint density at radius 2 is 1.94 bits per heavy atom. The van der Waals surface area contributed by atoms with Gasteiger partial charge in [0.15, 0.2) is 9.84 Å². The molecule has 0 bridgehead atoms. The highest BCUT2D eigenvalue weighted by Gasteiger charge is 2.27. The fourth-order valence-electron chi connectivity index (χ4n) is 2.04. The van der Waals surface area contributed by atoms with Crippen LogP contribution in [-0.4, -0.2) is 44.5 Å². The first-order valence-electron chi connectivity index (χ1n) is 6.28. The number of rotatable bonds is 6. The lowest BCUT2D eigenvalue weighted by Gasteiger charge is -2.10. The SMILES string of the molecule is O=C(CCCNC1CCS(=O)(=O)C1)NC1CC1. The van der Waals surface area contributed by atoms with E-state index in [2.05, 4.69) is 10.6 Å². The van der Waals surface area contributed by atoms with Crippen LogP contribution in [-0.2, 0) is 14.6 Å². The molecule has 1 atom stereocenters. The van der Waals surface area contributed by atoms with Crippen LogP contribution in [0, 0.1) is 0 Å². The lowest BCUT2D eigenvalue weighted by atomic mass is 10.2. The lowest BCUT2D eigenvalue weighted by molar-refractivity contribution is -0.121. The zero-order valence-corrected chi connectivity index (χ0v) is 10.8. The van der Waals surface area contributed by atoms with E-state index in [1.165, 1.54) is 0 Å². The van der Waals surface area contributed by atoms with Crippen molar-refractivity contribution in [1.82, 2.24) is 10.6 Å². The molecule has 2 rings (SSSR count). The predicted octanol–water partition coefficient (Wildman–Crippen LogP) is -0.178. The Bertz CT molecular complexity index is 376. The summed E-state index contributed by atoms with van der Waals surface area (Å²) in [7, 11) is -2.80. The van der Waals surface area contributed by atoms with E-state index in [-0.39, 0.29) is 17.7 Å². The van der Waals surface area contributed by atoms with Crippen molar-refractivity contribution in [1.29, 1.82) is 0 Å². The molecular formula is C11H20N2O3S. The molecule has 0 aromatic carbocycles. The van der Waals surface area contributed by atoms with Gasteiger partial charge >= 0.3 is 0 Å². The molecule has 2 fully saturated rings. The Kier molecular flexibility index (Phi) is 4.04. The Hall–Kier alpha value is -0.620. The van der Waals surface area contributed by atoms with Gasteiger partial charge in [0, 0.05) is 18.5 Å². The van der Waals surface area contributed by atoms with Crippen molar-refractivity contribution in [3.63, 3.8) is 0 Å². The maximum Gasteiger partial charge on any atom is 0.220 e. The smallest absolute Gasteiger partial charge is 0.220 e. The third-order valence-corrected chi connectivity index (χ3v) is 4.96. The van der Waals surface area contributed by atoms with E-state index >= 15 is 0 Å². The molecule has 1 aliphatic carbocycles. The average molecular weight is 260 g/mol. The van der Waals surface area contributed by atoms with Gasteiger partial charge in [-0.05, 0) is 32.2 Å². The molecule has 1 saturated heterocycles. The van der Waals surface area contributed by atoms with Crippen LogP contribution in [0.25, 0.3) is 0 Å². The molecule has 1 unspecified atom stereocenters. The number of amides is 1. The van der Waals surface area contributed by atoms with Crippen LogP contribution in [0.15, 0.2) is 0 Å². The first-order valence-corrected chi connectivity index (χ1v) is 8.10. The molecule has 0 aromatic heterocycles. The highest BCUT2D eigenvalue weighted by atomic mass is 32.2. The van der Waals surface area contributed by atoms with Gasteiger partial charge < -0.3 is 10.6 Å². The summed E-state index contributed by atoms with van der Waals surface area (Å²) in [5.74, 6) is 0.669. The number of nitrogens with one attached hydrogen (secondary N) is 2. The summed E-state index contributed by atoms with van der Waals surface area (Å²) >= 11 is 0. The third kappa shape index (κ3) is 4.63. The second-order valence-corrected chi connectivity index (χ2v) is 7.23. The molecule has 17 heavy (non-hydrogen) atoms. The fourth-order valence-corrected chi connectivity index (χ4v) is 3.75. The van der Waals surface area contributed by atoms with Gasteiger partial charge in [-0.15, -0.1) is 0 Å². The van der Waals surface area contributed by atoms with Gasteiger partial charge in [-0.1, -0.05) is 0 Å². The van der Waals surface area contributed by atoms with Crippen LogP contribution in [0.1, 0.15) is 32.1 Å². The Morgan fingerprint density at radius 1 is 1.18 bits per heavy atom. The molecule has 0 spiro atoms. The van der Waals surface area contributed by atoms with Crippen LogP contribution < -0.4 is 10.6 Å². The van der Waals surface area contributed by atoms with E-state index in [1.54, 1.807) is 0 Å². The van der Waals surface area contributed by atoms with E-state index in [1.807, 2.05) is 0 Å². The second-order valence-electron chi connectivity index (χ2n) is 5.00. The Balaban J connectivity index is 1.52. The van der Waals surface area contributed by atoms with Crippen molar-refractivity contribution >= 4 is 15.7 Å². The summed E-state index contributed by atoms with van der Waals surface area (Å²) in [4.78, 5) is 11.4. The minimum Gasteiger partial charge on any atom is -0.353 e. The van der Waals surface area contributed by atoms with E-state index in [4.69, 9.17) is 0 Å². The normalized spacial score (nSPS) is 26.9. The van der Waals surface area contributed by atoms with Gasteiger partial charge in [-0.2, -0.15) is 0 Å². The van der Waals surface area contributed by atoms with E-state index < -0.39 is 9.84 Å². The summed E-state index contributed by atoms with van der Waals surface area (Å²) in [5.41, 5.74) is 0. The van der Waals surface area contributed by atoms with Gasteiger partial charge in [-0.25, -0.2) is 8.42 Å². The van der Waals surface area contributed by atoms with Crippen molar-refractivity contribution in [3.8, 4) is 0 Å². The first kappa shape index (κ1) is 12.8. The zero-order chi connectivity index (χ0) is 12.3. The van der Waals surface area contributed by atoms with E-state index in [9.17, 15) is 13.2 Å². The number of sulfone groups is 1. The van der Waals surface area contributed by atoms with E-state index in [0.717, 1.165) is 25.8 Å². The summed E-state index contributed by atoms with van der Waals surface area (Å²) < 4.78 is 22.4. The molecule has 6 heteroatoms. The molecule has 2 N–H and O–H groups in total. The molecule has 5 nitrogen and oxygen atoms in total. The molecule has 0 aromatic rings. The highest BCUT2D eigenvalue weighted by molar-refractivity contribution is 7.91. The molecule has 0 radical (unpaired) electrons. The molecule has 1 saturated carbocycles. The number of carbonyl (C=O) groups excluding carboxylic acids is 1. The average Bonchev–Trinajstić information content (AvgIpc) is 2.98. The first-order chi connectivity index (χ1) is 8.05. The van der Waals surface area contributed by atoms with Crippen molar-refractivity contribution in [2.24, 2.45) is 0 Å². The van der Waals surface area contributed by atoms with Gasteiger partial charge in [0.2, 0.25) is 5.91 Å². The van der Waals surface area contributed by atoms with Crippen LogP contribution >= 0.6 is 0 Å². The standard InChI is InChI=1S/C11H20N2O3S/c14-11(13-9-3-4-9)2-1-6-12-10-5-7-17(15,16)8-10/h9-10,12H,1-8H2,(H,13,14). The van der Waals surface area contributed by atoms with Crippen LogP contribution in [0.5, 0.6) is 0 Å². The second kappa shape index (κ2) is 5.35. The van der Waals surface area contributed by atoms with Crippen molar-refractivity contribution in [2.75, 3.05) is 18.1 Å². The predicted molar refractivity (Wildman–Crippen MR) is 65.5 cm³/mol. The highest BCUT2D eigenvalue weighted by Crippen LogP contribution is 2.18. The molecule has 1 aliphatic heterocycles. The number of hydrogen-bond donors (Lipinski definition) is 2.